The molecule has 4 aromatic carbocycles. The molecule has 47 heavy (non-hydrogen) atoms. The molecule has 0 fully saturated rings. The lowest BCUT2D eigenvalue weighted by Crippen LogP contribution is -2.00. The summed E-state index contributed by atoms with van der Waals surface area (Å²) in [5, 5.41) is 6.34. The molecule has 0 atom stereocenters. The van der Waals surface area contributed by atoms with E-state index in [9.17, 15) is 0 Å². The van der Waals surface area contributed by atoms with Crippen molar-refractivity contribution < 1.29 is 4.74 Å². The fourth-order valence-corrected chi connectivity index (χ4v) is 7.22. The van der Waals surface area contributed by atoms with Crippen LogP contribution >= 0.6 is 0 Å². The van der Waals surface area contributed by atoms with Crippen molar-refractivity contribution >= 4 is 54.8 Å². The summed E-state index contributed by atoms with van der Waals surface area (Å²) < 4.78 is 10.7. The highest BCUT2D eigenvalue weighted by atomic mass is 16.5. The Morgan fingerprint density at radius 1 is 0.574 bits per heavy atom. The number of benzene rings is 4. The van der Waals surface area contributed by atoms with E-state index in [0.29, 0.717) is 11.8 Å². The van der Waals surface area contributed by atoms with Crippen LogP contribution in [0.3, 0.4) is 0 Å². The Morgan fingerprint density at radius 3 is 1.85 bits per heavy atom. The van der Waals surface area contributed by atoms with Crippen LogP contribution in [0, 0.1) is 0 Å². The van der Waals surface area contributed by atoms with E-state index in [4.69, 9.17) is 9.72 Å². The minimum absolute atomic E-state index is 0.421. The second kappa shape index (κ2) is 10.4. The van der Waals surface area contributed by atoms with Crippen LogP contribution in [0.4, 0.5) is 0 Å². The van der Waals surface area contributed by atoms with E-state index >= 15 is 0 Å². The van der Waals surface area contributed by atoms with E-state index in [1.807, 2.05) is 41.2 Å². The Hall–Kier alpha value is -5.82. The highest BCUT2D eigenvalue weighted by molar-refractivity contribution is 6.13. The molecule has 0 bridgehead atoms. The molecule has 9 rings (SSSR count). The van der Waals surface area contributed by atoms with Gasteiger partial charge in [0.2, 0.25) is 0 Å². The predicted octanol–water partition coefficient (Wildman–Crippen LogP) is 10.1. The van der Waals surface area contributed by atoms with Crippen molar-refractivity contribution in [2.45, 2.75) is 39.5 Å². The minimum Gasteiger partial charge on any atom is -0.457 e. The van der Waals surface area contributed by atoms with Crippen LogP contribution in [0.5, 0.6) is 11.5 Å². The Balaban J connectivity index is 1.18. The quantitative estimate of drug-likeness (QED) is 0.181. The Kier molecular flexibility index (Phi) is 6.06. The van der Waals surface area contributed by atoms with Gasteiger partial charge in [0.05, 0.1) is 5.52 Å². The van der Waals surface area contributed by atoms with Gasteiger partial charge in [0, 0.05) is 52.5 Å². The number of hydrogen-bond acceptors (Lipinski definition) is 5. The summed E-state index contributed by atoms with van der Waals surface area (Å²) in [6, 6.07) is 26.0. The number of aromatic nitrogens is 6. The van der Waals surface area contributed by atoms with E-state index in [1.165, 1.54) is 27.6 Å². The van der Waals surface area contributed by atoms with Gasteiger partial charge < -0.3 is 4.74 Å². The number of imidazole rings is 2. The van der Waals surface area contributed by atoms with Crippen molar-refractivity contribution in [2.75, 3.05) is 0 Å². The van der Waals surface area contributed by atoms with Crippen LogP contribution in [-0.4, -0.2) is 28.7 Å². The van der Waals surface area contributed by atoms with Crippen LogP contribution in [0.2, 0.25) is 0 Å². The van der Waals surface area contributed by atoms with Crippen molar-refractivity contribution in [3.05, 3.63) is 121 Å². The van der Waals surface area contributed by atoms with Crippen LogP contribution < -0.4 is 4.74 Å². The zero-order valence-corrected chi connectivity index (χ0v) is 26.6. The van der Waals surface area contributed by atoms with E-state index in [1.54, 1.807) is 12.5 Å². The molecule has 9 aromatic rings. The highest BCUT2D eigenvalue weighted by Gasteiger charge is 2.18. The lowest BCUT2D eigenvalue weighted by molar-refractivity contribution is 0.484. The molecule has 228 valence electrons. The molecule has 0 spiro atoms. The van der Waals surface area contributed by atoms with Gasteiger partial charge in [0.1, 0.15) is 34.8 Å². The SMILES string of the molecule is CC(C)c1cccc(C(C)C)c1-c1ccc2c3ccc(Oc4ccc5c6cncnc6n6ccnc6c5c4)cc3c3nccn3c2c1. The maximum atomic E-state index is 6.51. The minimum atomic E-state index is 0.421. The molecule has 0 aliphatic carbocycles. The van der Waals surface area contributed by atoms with E-state index < -0.39 is 0 Å². The topological polar surface area (TPSA) is 69.6 Å². The monoisotopic (exact) mass is 612 g/mol. The third-order valence-corrected chi connectivity index (χ3v) is 9.40. The van der Waals surface area contributed by atoms with Crippen molar-refractivity contribution in [1.82, 2.24) is 28.7 Å². The van der Waals surface area contributed by atoms with Crippen LogP contribution in [0.25, 0.3) is 65.9 Å². The number of fused-ring (bicyclic) bond motifs is 12. The average molecular weight is 613 g/mol. The third kappa shape index (κ3) is 4.19. The van der Waals surface area contributed by atoms with Crippen molar-refractivity contribution in [1.29, 1.82) is 0 Å². The average Bonchev–Trinajstić information content (AvgIpc) is 3.79. The molecule has 7 nitrogen and oxygen atoms in total. The van der Waals surface area contributed by atoms with Gasteiger partial charge in [0.15, 0.2) is 0 Å². The van der Waals surface area contributed by atoms with Crippen LogP contribution in [0.15, 0.2) is 110 Å². The van der Waals surface area contributed by atoms with Gasteiger partial charge in [-0.15, -0.1) is 0 Å². The Morgan fingerprint density at radius 2 is 1.17 bits per heavy atom. The molecule has 5 heterocycles. The van der Waals surface area contributed by atoms with E-state index in [2.05, 4.69) is 108 Å². The zero-order chi connectivity index (χ0) is 31.8. The predicted molar refractivity (Wildman–Crippen MR) is 190 cm³/mol. The van der Waals surface area contributed by atoms with E-state index in [0.717, 1.165) is 60.9 Å². The number of rotatable bonds is 5. The molecule has 0 saturated carbocycles. The summed E-state index contributed by atoms with van der Waals surface area (Å²) in [7, 11) is 0. The largest absolute Gasteiger partial charge is 0.457 e. The van der Waals surface area contributed by atoms with Crippen molar-refractivity contribution in [2.24, 2.45) is 0 Å². The lowest BCUT2D eigenvalue weighted by Gasteiger charge is -2.20. The van der Waals surface area contributed by atoms with Gasteiger partial charge in [-0.2, -0.15) is 0 Å². The van der Waals surface area contributed by atoms with Crippen molar-refractivity contribution in [3.63, 3.8) is 0 Å². The normalized spacial score (nSPS) is 12.2. The van der Waals surface area contributed by atoms with Gasteiger partial charge in [-0.25, -0.2) is 19.9 Å². The summed E-state index contributed by atoms with van der Waals surface area (Å²) >= 11 is 0. The summed E-state index contributed by atoms with van der Waals surface area (Å²) in [4.78, 5) is 18.2. The fraction of sp³-hybridized carbons (Fsp3) is 0.150. The fourth-order valence-electron chi connectivity index (χ4n) is 7.22. The second-order valence-corrected chi connectivity index (χ2v) is 12.9. The zero-order valence-electron chi connectivity index (χ0n) is 26.6. The van der Waals surface area contributed by atoms with Crippen LogP contribution in [0.1, 0.15) is 50.7 Å². The van der Waals surface area contributed by atoms with Gasteiger partial charge in [-0.3, -0.25) is 8.80 Å². The smallest absolute Gasteiger partial charge is 0.149 e. The van der Waals surface area contributed by atoms with Crippen molar-refractivity contribution in [3.8, 4) is 22.6 Å². The first-order valence-corrected chi connectivity index (χ1v) is 16.1. The lowest BCUT2D eigenvalue weighted by atomic mass is 9.84. The number of pyridine rings is 2. The summed E-state index contributed by atoms with van der Waals surface area (Å²) in [5.74, 6) is 2.31. The maximum Gasteiger partial charge on any atom is 0.149 e. The molecule has 0 saturated heterocycles. The van der Waals surface area contributed by atoms with Crippen LogP contribution in [-0.2, 0) is 0 Å². The van der Waals surface area contributed by atoms with Gasteiger partial charge in [-0.05, 0) is 87.3 Å². The van der Waals surface area contributed by atoms with Gasteiger partial charge in [0.25, 0.3) is 0 Å². The number of nitrogens with zero attached hydrogens (tertiary/aromatic N) is 6. The standard InChI is InChI=1S/C40H32N6O/c1-23(2)28-6-5-7-29(24(3)4)37(28)25-8-11-32-30-12-9-26(19-33(30)38-42-14-16-45(38)36(32)18-25)47-27-10-13-31-34(20-27)39-43-15-17-46(39)40-35(31)21-41-22-44-40/h5-24H,1-4H3. The molecule has 7 heteroatoms. The first-order chi connectivity index (χ1) is 23.0. The molecular formula is C40H32N6O. The van der Waals surface area contributed by atoms with Gasteiger partial charge >= 0.3 is 0 Å². The molecule has 0 amide bonds. The number of ether oxygens (including phenoxy) is 1. The molecule has 5 aromatic heterocycles. The molecule has 0 aliphatic rings. The highest BCUT2D eigenvalue weighted by Crippen LogP contribution is 2.40. The molecule has 0 radical (unpaired) electrons. The Labute approximate surface area is 271 Å². The first-order valence-electron chi connectivity index (χ1n) is 16.1. The maximum absolute atomic E-state index is 6.51. The molecule has 0 unspecified atom stereocenters. The number of hydrogen-bond donors (Lipinski definition) is 0. The summed E-state index contributed by atoms with van der Waals surface area (Å²) in [6.45, 7) is 9.10. The molecule has 0 aliphatic heterocycles. The van der Waals surface area contributed by atoms with E-state index in [-0.39, 0.29) is 0 Å². The second-order valence-electron chi connectivity index (χ2n) is 12.9. The summed E-state index contributed by atoms with van der Waals surface area (Å²) in [6.07, 6.45) is 11.1. The molecular weight excluding hydrogens is 580 g/mol. The summed E-state index contributed by atoms with van der Waals surface area (Å²) in [5.41, 5.74) is 9.04. The first kappa shape index (κ1) is 27.5. The third-order valence-electron chi connectivity index (χ3n) is 9.40. The molecule has 0 N–H and O–H groups in total. The van der Waals surface area contributed by atoms with Gasteiger partial charge in [-0.1, -0.05) is 58.0 Å². The Bertz CT molecular complexity index is 2660.